The molecule has 0 aliphatic rings. The Balaban J connectivity index is 2.54. The van der Waals surface area contributed by atoms with E-state index in [1.807, 2.05) is 6.92 Å². The highest BCUT2D eigenvalue weighted by Gasteiger charge is 2.11. The van der Waals surface area contributed by atoms with Crippen molar-refractivity contribution in [3.05, 3.63) is 29.8 Å². The molecule has 0 amide bonds. The van der Waals surface area contributed by atoms with E-state index in [0.717, 1.165) is 30.6 Å². The summed E-state index contributed by atoms with van der Waals surface area (Å²) >= 11 is 2.06. The first-order valence-corrected chi connectivity index (χ1v) is 9.36. The minimum atomic E-state index is 0.442. The summed E-state index contributed by atoms with van der Waals surface area (Å²) < 4.78 is 5.52. The largest absolute Gasteiger partial charge is 0.494 e. The molecule has 0 fully saturated rings. The van der Waals surface area contributed by atoms with Gasteiger partial charge in [0.15, 0.2) is 0 Å². The summed E-state index contributed by atoms with van der Waals surface area (Å²) in [4.78, 5) is 0. The van der Waals surface area contributed by atoms with Crippen molar-refractivity contribution < 1.29 is 4.74 Å². The van der Waals surface area contributed by atoms with Crippen LogP contribution in [0, 0.1) is 5.92 Å². The number of hydrogen-bond donors (Lipinski definition) is 1. The highest BCUT2D eigenvalue weighted by molar-refractivity contribution is 7.99. The molecule has 0 aliphatic heterocycles. The molecule has 0 saturated heterocycles. The number of nitrogens with one attached hydrogen (secondary N) is 1. The lowest BCUT2D eigenvalue weighted by molar-refractivity contribution is 0.340. The van der Waals surface area contributed by atoms with Crippen molar-refractivity contribution in [1.29, 1.82) is 0 Å². The van der Waals surface area contributed by atoms with Crippen LogP contribution in [-0.4, -0.2) is 24.7 Å². The van der Waals surface area contributed by atoms with Crippen LogP contribution in [0.5, 0.6) is 5.75 Å². The van der Waals surface area contributed by atoms with E-state index in [9.17, 15) is 0 Å². The Kier molecular flexibility index (Phi) is 9.60. The molecule has 1 rings (SSSR count). The van der Waals surface area contributed by atoms with Gasteiger partial charge in [-0.15, -0.1) is 0 Å². The molecule has 0 heterocycles. The van der Waals surface area contributed by atoms with Gasteiger partial charge in [-0.05, 0) is 55.7 Å². The molecule has 120 valence electrons. The van der Waals surface area contributed by atoms with Gasteiger partial charge < -0.3 is 10.1 Å². The van der Waals surface area contributed by atoms with Crippen molar-refractivity contribution in [3.8, 4) is 5.75 Å². The fraction of sp³-hybridized carbons (Fsp3) is 0.667. The van der Waals surface area contributed by atoms with Gasteiger partial charge in [0.25, 0.3) is 0 Å². The Morgan fingerprint density at radius 3 is 2.43 bits per heavy atom. The molecule has 0 saturated carbocycles. The van der Waals surface area contributed by atoms with Gasteiger partial charge in [-0.3, -0.25) is 0 Å². The van der Waals surface area contributed by atoms with Gasteiger partial charge >= 0.3 is 0 Å². The number of rotatable bonds is 11. The number of thioether (sulfide) groups is 1. The third-order valence-corrected chi connectivity index (χ3v) is 4.45. The van der Waals surface area contributed by atoms with Crippen molar-refractivity contribution in [3.63, 3.8) is 0 Å². The first-order valence-electron chi connectivity index (χ1n) is 8.21. The molecule has 1 aromatic rings. The van der Waals surface area contributed by atoms with Crippen molar-refractivity contribution >= 4 is 11.8 Å². The van der Waals surface area contributed by atoms with E-state index in [1.165, 1.54) is 24.2 Å². The molecule has 1 N–H and O–H groups in total. The smallest absolute Gasteiger partial charge is 0.119 e. The maximum atomic E-state index is 5.52. The number of benzene rings is 1. The summed E-state index contributed by atoms with van der Waals surface area (Å²) in [5, 5.41) is 3.66. The van der Waals surface area contributed by atoms with Crippen molar-refractivity contribution in [2.45, 2.75) is 46.6 Å². The van der Waals surface area contributed by atoms with Crippen molar-refractivity contribution in [2.75, 3.05) is 24.7 Å². The van der Waals surface area contributed by atoms with Gasteiger partial charge in [-0.1, -0.05) is 32.9 Å². The quantitative estimate of drug-likeness (QED) is 0.587. The van der Waals surface area contributed by atoms with E-state index in [1.54, 1.807) is 0 Å². The normalized spacial score (nSPS) is 12.6. The third-order valence-electron chi connectivity index (χ3n) is 3.36. The first-order chi connectivity index (χ1) is 10.2. The molecule has 1 unspecified atom stereocenters. The molecule has 1 atom stereocenters. The fourth-order valence-corrected chi connectivity index (χ4v) is 3.43. The zero-order valence-corrected chi connectivity index (χ0v) is 14.8. The van der Waals surface area contributed by atoms with Crippen LogP contribution >= 0.6 is 11.8 Å². The zero-order chi connectivity index (χ0) is 15.5. The van der Waals surface area contributed by atoms with E-state index in [2.05, 4.69) is 62.1 Å². The topological polar surface area (TPSA) is 21.3 Å². The fourth-order valence-electron chi connectivity index (χ4n) is 2.07. The van der Waals surface area contributed by atoms with Gasteiger partial charge in [0.2, 0.25) is 0 Å². The van der Waals surface area contributed by atoms with Crippen LogP contribution in [0.25, 0.3) is 0 Å². The SMILES string of the molecule is CCCNC(CSCCC(C)C)c1ccc(OCC)cc1. The molecule has 2 nitrogen and oxygen atoms in total. The van der Waals surface area contributed by atoms with Crippen LogP contribution in [0.1, 0.15) is 52.1 Å². The second kappa shape index (κ2) is 11.0. The number of ether oxygens (including phenoxy) is 1. The standard InChI is InChI=1S/C18H31NOS/c1-5-12-19-18(14-21-13-11-15(3)4)16-7-9-17(10-8-16)20-6-2/h7-10,15,18-19H,5-6,11-14H2,1-4H3. The second-order valence-corrected chi connectivity index (χ2v) is 6.92. The average molecular weight is 310 g/mol. The molecule has 21 heavy (non-hydrogen) atoms. The molecule has 0 aromatic heterocycles. The predicted octanol–water partition coefficient (Wildman–Crippen LogP) is 4.91. The van der Waals surface area contributed by atoms with Gasteiger partial charge in [0.1, 0.15) is 5.75 Å². The molecule has 1 aromatic carbocycles. The molecular weight excluding hydrogens is 278 g/mol. The van der Waals surface area contributed by atoms with Crippen LogP contribution in [-0.2, 0) is 0 Å². The van der Waals surface area contributed by atoms with E-state index in [0.29, 0.717) is 6.04 Å². The van der Waals surface area contributed by atoms with E-state index in [-0.39, 0.29) is 0 Å². The maximum absolute atomic E-state index is 5.52. The second-order valence-electron chi connectivity index (χ2n) is 5.77. The summed E-state index contributed by atoms with van der Waals surface area (Å²) in [6.07, 6.45) is 2.47. The minimum Gasteiger partial charge on any atom is -0.494 e. The van der Waals surface area contributed by atoms with Crippen LogP contribution in [0.3, 0.4) is 0 Å². The van der Waals surface area contributed by atoms with E-state index in [4.69, 9.17) is 4.74 Å². The van der Waals surface area contributed by atoms with Crippen molar-refractivity contribution in [2.24, 2.45) is 5.92 Å². The summed E-state index contributed by atoms with van der Waals surface area (Å²) in [5.74, 6) is 4.15. The molecular formula is C18H31NOS. The molecule has 0 aliphatic carbocycles. The summed E-state index contributed by atoms with van der Waals surface area (Å²) in [6, 6.07) is 9.00. The number of hydrogen-bond acceptors (Lipinski definition) is 3. The Labute approximate surface area is 135 Å². The van der Waals surface area contributed by atoms with Gasteiger partial charge in [0, 0.05) is 11.8 Å². The lowest BCUT2D eigenvalue weighted by Gasteiger charge is -2.19. The Morgan fingerprint density at radius 2 is 1.86 bits per heavy atom. The lowest BCUT2D eigenvalue weighted by Crippen LogP contribution is -2.24. The Bertz CT molecular complexity index is 364. The monoisotopic (exact) mass is 309 g/mol. The summed E-state index contributed by atoms with van der Waals surface area (Å²) in [5.41, 5.74) is 1.36. The third kappa shape index (κ3) is 7.77. The molecule has 0 radical (unpaired) electrons. The van der Waals surface area contributed by atoms with Crippen LogP contribution in [0.4, 0.5) is 0 Å². The van der Waals surface area contributed by atoms with E-state index < -0.39 is 0 Å². The molecule has 0 bridgehead atoms. The predicted molar refractivity (Wildman–Crippen MR) is 95.4 cm³/mol. The Morgan fingerprint density at radius 1 is 1.14 bits per heavy atom. The van der Waals surface area contributed by atoms with Crippen LogP contribution in [0.15, 0.2) is 24.3 Å². The van der Waals surface area contributed by atoms with Crippen molar-refractivity contribution in [1.82, 2.24) is 5.32 Å². The highest BCUT2D eigenvalue weighted by Crippen LogP contribution is 2.22. The van der Waals surface area contributed by atoms with Crippen LogP contribution in [0.2, 0.25) is 0 Å². The van der Waals surface area contributed by atoms with Gasteiger partial charge in [0.05, 0.1) is 6.61 Å². The highest BCUT2D eigenvalue weighted by atomic mass is 32.2. The summed E-state index contributed by atoms with van der Waals surface area (Å²) in [7, 11) is 0. The van der Waals surface area contributed by atoms with Crippen LogP contribution < -0.4 is 10.1 Å². The lowest BCUT2D eigenvalue weighted by atomic mass is 10.1. The zero-order valence-electron chi connectivity index (χ0n) is 14.0. The van der Waals surface area contributed by atoms with E-state index >= 15 is 0 Å². The summed E-state index contributed by atoms with van der Waals surface area (Å²) in [6.45, 7) is 10.6. The Hall–Kier alpha value is -0.670. The first kappa shape index (κ1) is 18.4. The van der Waals surface area contributed by atoms with Gasteiger partial charge in [-0.25, -0.2) is 0 Å². The van der Waals surface area contributed by atoms with Gasteiger partial charge in [-0.2, -0.15) is 11.8 Å². The molecule has 0 spiro atoms. The minimum absolute atomic E-state index is 0.442. The molecule has 3 heteroatoms. The average Bonchev–Trinajstić information content (AvgIpc) is 2.48. The maximum Gasteiger partial charge on any atom is 0.119 e.